The van der Waals surface area contributed by atoms with E-state index in [9.17, 15) is 4.79 Å². The lowest BCUT2D eigenvalue weighted by Gasteiger charge is -2.33. The first-order valence-electron chi connectivity index (χ1n) is 7.35. The van der Waals surface area contributed by atoms with Crippen molar-refractivity contribution in [3.63, 3.8) is 0 Å². The van der Waals surface area contributed by atoms with Crippen LogP contribution in [0.25, 0.3) is 0 Å². The molecule has 0 N–H and O–H groups in total. The highest BCUT2D eigenvalue weighted by Crippen LogP contribution is 2.29. The van der Waals surface area contributed by atoms with Crippen molar-refractivity contribution in [1.29, 1.82) is 0 Å². The number of amides is 1. The van der Waals surface area contributed by atoms with E-state index in [-0.39, 0.29) is 6.09 Å². The van der Waals surface area contributed by atoms with Crippen molar-refractivity contribution < 1.29 is 9.53 Å². The average Bonchev–Trinajstić information content (AvgIpc) is 2.45. The van der Waals surface area contributed by atoms with Crippen molar-refractivity contribution in [3.8, 4) is 0 Å². The number of aromatic nitrogens is 2. The van der Waals surface area contributed by atoms with Gasteiger partial charge in [0.2, 0.25) is 0 Å². The first kappa shape index (κ1) is 17.3. The van der Waals surface area contributed by atoms with Crippen molar-refractivity contribution in [3.05, 3.63) is 16.9 Å². The maximum atomic E-state index is 12.1. The Morgan fingerprint density at radius 3 is 2.55 bits per heavy atom. The third-order valence-electron chi connectivity index (χ3n) is 3.44. The summed E-state index contributed by atoms with van der Waals surface area (Å²) >= 11 is 7.53. The van der Waals surface area contributed by atoms with Crippen LogP contribution in [0.15, 0.2) is 11.2 Å². The summed E-state index contributed by atoms with van der Waals surface area (Å²) in [5.41, 5.74) is 0.509. The molecule has 1 saturated heterocycles. The van der Waals surface area contributed by atoms with Crippen LogP contribution in [0.2, 0.25) is 5.15 Å². The number of piperidine rings is 1. The molecule has 22 heavy (non-hydrogen) atoms. The molecule has 122 valence electrons. The second-order valence-corrected chi connectivity index (χ2v) is 7.50. The molecule has 0 aromatic carbocycles. The molecule has 0 aliphatic carbocycles. The molecule has 2 rings (SSSR count). The summed E-state index contributed by atoms with van der Waals surface area (Å²) in [5, 5.41) is 1.17. The van der Waals surface area contributed by atoms with E-state index in [0.717, 1.165) is 18.5 Å². The molecule has 1 aliphatic rings. The van der Waals surface area contributed by atoms with Crippen LogP contribution in [0, 0.1) is 0 Å². The molecule has 0 bridgehead atoms. The van der Waals surface area contributed by atoms with Gasteiger partial charge in [0.05, 0.1) is 0 Å². The minimum absolute atomic E-state index is 0.239. The molecule has 1 fully saturated rings. The number of hydrogen-bond acceptors (Lipinski definition) is 5. The van der Waals surface area contributed by atoms with Crippen molar-refractivity contribution in [1.82, 2.24) is 14.9 Å². The van der Waals surface area contributed by atoms with E-state index in [1.54, 1.807) is 4.90 Å². The fourth-order valence-corrected chi connectivity index (χ4v) is 3.03. The number of carbonyl (C=O) groups excluding carboxylic acids is 1. The third-order valence-corrected chi connectivity index (χ3v) is 4.18. The standard InChI is InChI=1S/C15H22ClN3O2S/c1-15(2,3)21-14(20)19-7-5-10(6-8-19)11-9-12(16)18-13(17-11)22-4/h9-10H,5-8H2,1-4H3. The average molecular weight is 344 g/mol. The molecule has 0 spiro atoms. The zero-order valence-electron chi connectivity index (χ0n) is 13.4. The molecule has 0 atom stereocenters. The highest BCUT2D eigenvalue weighted by Gasteiger charge is 2.28. The SMILES string of the molecule is CSc1nc(Cl)cc(C2CCN(C(=O)OC(C)(C)C)CC2)n1. The van der Waals surface area contributed by atoms with Gasteiger partial charge in [-0.25, -0.2) is 14.8 Å². The molecule has 1 aromatic rings. The number of rotatable bonds is 2. The van der Waals surface area contributed by atoms with Crippen LogP contribution in [-0.2, 0) is 4.74 Å². The van der Waals surface area contributed by atoms with Crippen LogP contribution in [0.4, 0.5) is 4.79 Å². The topological polar surface area (TPSA) is 55.3 Å². The van der Waals surface area contributed by atoms with Crippen molar-refractivity contribution >= 4 is 29.5 Å². The molecular formula is C15H22ClN3O2S. The molecule has 0 saturated carbocycles. The number of thioether (sulfide) groups is 1. The van der Waals surface area contributed by atoms with Crippen molar-refractivity contribution in [2.24, 2.45) is 0 Å². The summed E-state index contributed by atoms with van der Waals surface area (Å²) in [5.74, 6) is 0.310. The second kappa shape index (κ2) is 7.04. The van der Waals surface area contributed by atoms with E-state index in [4.69, 9.17) is 16.3 Å². The van der Waals surface area contributed by atoms with Crippen LogP contribution in [0.5, 0.6) is 0 Å². The summed E-state index contributed by atoms with van der Waals surface area (Å²) in [4.78, 5) is 22.5. The van der Waals surface area contributed by atoms with Gasteiger partial charge in [-0.15, -0.1) is 0 Å². The van der Waals surface area contributed by atoms with E-state index in [1.165, 1.54) is 11.8 Å². The maximum Gasteiger partial charge on any atom is 0.410 e. The molecular weight excluding hydrogens is 322 g/mol. The zero-order chi connectivity index (χ0) is 16.3. The largest absolute Gasteiger partial charge is 0.444 e. The van der Waals surface area contributed by atoms with Gasteiger partial charge in [-0.05, 0) is 45.9 Å². The first-order chi connectivity index (χ1) is 10.3. The lowest BCUT2D eigenvalue weighted by atomic mass is 9.93. The maximum absolute atomic E-state index is 12.1. The molecule has 0 radical (unpaired) electrons. The van der Waals surface area contributed by atoms with Gasteiger partial charge in [0, 0.05) is 24.7 Å². The number of ether oxygens (including phenoxy) is 1. The number of nitrogens with zero attached hydrogens (tertiary/aromatic N) is 3. The first-order valence-corrected chi connectivity index (χ1v) is 8.95. The molecule has 1 aliphatic heterocycles. The summed E-state index contributed by atoms with van der Waals surface area (Å²) < 4.78 is 5.41. The Balaban J connectivity index is 1.97. The fourth-order valence-electron chi connectivity index (χ4n) is 2.40. The Labute approximate surface area is 140 Å². The third kappa shape index (κ3) is 4.74. The lowest BCUT2D eigenvalue weighted by molar-refractivity contribution is 0.0204. The van der Waals surface area contributed by atoms with E-state index < -0.39 is 5.60 Å². The molecule has 5 nitrogen and oxygen atoms in total. The highest BCUT2D eigenvalue weighted by atomic mass is 35.5. The summed E-state index contributed by atoms with van der Waals surface area (Å²) in [6.45, 7) is 6.99. The molecule has 1 aromatic heterocycles. The van der Waals surface area contributed by atoms with E-state index in [1.807, 2.05) is 33.1 Å². The van der Waals surface area contributed by atoms with Gasteiger partial charge in [-0.1, -0.05) is 23.4 Å². The Bertz CT molecular complexity index is 540. The molecule has 0 unspecified atom stereocenters. The minimum atomic E-state index is -0.457. The zero-order valence-corrected chi connectivity index (χ0v) is 15.0. The van der Waals surface area contributed by atoms with Crippen molar-refractivity contribution in [2.45, 2.75) is 50.3 Å². The Kier molecular flexibility index (Phi) is 5.55. The van der Waals surface area contributed by atoms with Gasteiger partial charge in [0.25, 0.3) is 0 Å². The second-order valence-electron chi connectivity index (χ2n) is 6.34. The molecule has 1 amide bonds. The molecule has 2 heterocycles. The number of halogens is 1. The van der Waals surface area contributed by atoms with Crippen molar-refractivity contribution in [2.75, 3.05) is 19.3 Å². The monoisotopic (exact) mass is 343 g/mol. The summed E-state index contributed by atoms with van der Waals surface area (Å²) in [6.07, 6.45) is 3.41. The normalized spacial score (nSPS) is 16.7. The van der Waals surface area contributed by atoms with Crippen LogP contribution in [0.1, 0.15) is 45.2 Å². The van der Waals surface area contributed by atoms with Gasteiger partial charge in [-0.2, -0.15) is 0 Å². The van der Waals surface area contributed by atoms with Crippen LogP contribution < -0.4 is 0 Å². The van der Waals surface area contributed by atoms with E-state index >= 15 is 0 Å². The Morgan fingerprint density at radius 2 is 2.00 bits per heavy atom. The van der Waals surface area contributed by atoms with E-state index in [2.05, 4.69) is 9.97 Å². The van der Waals surface area contributed by atoms with Crippen LogP contribution in [0.3, 0.4) is 0 Å². The van der Waals surface area contributed by atoms with Gasteiger partial charge < -0.3 is 9.64 Å². The van der Waals surface area contributed by atoms with Gasteiger partial charge in [0.15, 0.2) is 5.16 Å². The van der Waals surface area contributed by atoms with Gasteiger partial charge >= 0.3 is 6.09 Å². The summed E-state index contributed by atoms with van der Waals surface area (Å²) in [6, 6.07) is 1.83. The Morgan fingerprint density at radius 1 is 1.36 bits per heavy atom. The lowest BCUT2D eigenvalue weighted by Crippen LogP contribution is -2.41. The number of carbonyl (C=O) groups is 1. The fraction of sp³-hybridized carbons (Fsp3) is 0.667. The predicted octanol–water partition coefficient (Wildman–Crippen LogP) is 3.97. The quantitative estimate of drug-likeness (QED) is 0.462. The Hall–Kier alpha value is -1.01. The number of hydrogen-bond donors (Lipinski definition) is 0. The van der Waals surface area contributed by atoms with Gasteiger partial charge in [-0.3, -0.25) is 0 Å². The van der Waals surface area contributed by atoms with Crippen LogP contribution >= 0.6 is 23.4 Å². The summed E-state index contributed by atoms with van der Waals surface area (Å²) in [7, 11) is 0. The minimum Gasteiger partial charge on any atom is -0.444 e. The smallest absolute Gasteiger partial charge is 0.410 e. The van der Waals surface area contributed by atoms with E-state index in [0.29, 0.717) is 29.3 Å². The number of likely N-dealkylation sites (tertiary alicyclic amines) is 1. The van der Waals surface area contributed by atoms with Crippen LogP contribution in [-0.4, -0.2) is 45.9 Å². The molecule has 7 heteroatoms. The van der Waals surface area contributed by atoms with Gasteiger partial charge in [0.1, 0.15) is 10.8 Å². The predicted molar refractivity (Wildman–Crippen MR) is 88.6 cm³/mol. The highest BCUT2D eigenvalue weighted by molar-refractivity contribution is 7.98.